The van der Waals surface area contributed by atoms with Crippen LogP contribution in [0, 0.1) is 0 Å². The zero-order valence-electron chi connectivity index (χ0n) is 18.4. The minimum atomic E-state index is -4.42. The molecule has 0 aliphatic carbocycles. The van der Waals surface area contributed by atoms with Gasteiger partial charge in [-0.3, -0.25) is 9.59 Å². The Morgan fingerprint density at radius 3 is 2.50 bits per heavy atom. The lowest BCUT2D eigenvalue weighted by Crippen LogP contribution is -2.41. The molecule has 2 aromatic rings. The third-order valence-electron chi connectivity index (χ3n) is 5.24. The number of benzene rings is 1. The number of ether oxygens (including phenoxy) is 1. The predicted molar refractivity (Wildman–Crippen MR) is 120 cm³/mol. The molecule has 1 aromatic carbocycles. The van der Waals surface area contributed by atoms with Crippen LogP contribution in [0.2, 0.25) is 0 Å². The monoisotopic (exact) mass is 475 g/mol. The van der Waals surface area contributed by atoms with Gasteiger partial charge in [-0.05, 0) is 50.1 Å². The van der Waals surface area contributed by atoms with Crippen molar-refractivity contribution in [1.29, 1.82) is 0 Å². The normalized spacial score (nSPS) is 16.8. The standard InChI is InChI=1S/C23H24F3N5O3/c1-2-15(23(24,25)26)5-4-12-34-16-9-7-14(8-10-16)22-29-17(20(27)32)13-19(30-22)31-11-3-6-18(31)21(28)33/h2,4-5,7-10,13,18H,3,6,11-12H2,1H3,(H2,27,32)(H2,28,33). The molecule has 34 heavy (non-hydrogen) atoms. The van der Waals surface area contributed by atoms with Crippen LogP contribution in [0.3, 0.4) is 0 Å². The second kappa shape index (κ2) is 10.4. The summed E-state index contributed by atoms with van der Waals surface area (Å²) in [5, 5.41) is 0. The maximum Gasteiger partial charge on any atom is 0.416 e. The molecule has 1 saturated heterocycles. The van der Waals surface area contributed by atoms with Crippen LogP contribution in [-0.4, -0.2) is 47.2 Å². The molecule has 0 radical (unpaired) electrons. The molecule has 1 aliphatic heterocycles. The Morgan fingerprint density at radius 1 is 1.21 bits per heavy atom. The second-order valence-electron chi connectivity index (χ2n) is 7.53. The second-order valence-corrected chi connectivity index (χ2v) is 7.53. The molecule has 180 valence electrons. The molecule has 1 atom stereocenters. The van der Waals surface area contributed by atoms with Gasteiger partial charge in [0.15, 0.2) is 5.82 Å². The molecular formula is C23H24F3N5O3. The Kier molecular flexibility index (Phi) is 7.54. The Morgan fingerprint density at radius 2 is 1.91 bits per heavy atom. The molecule has 0 saturated carbocycles. The van der Waals surface area contributed by atoms with Crippen molar-refractivity contribution in [3.8, 4) is 17.1 Å². The van der Waals surface area contributed by atoms with Crippen LogP contribution in [0.5, 0.6) is 5.75 Å². The van der Waals surface area contributed by atoms with Gasteiger partial charge in [-0.15, -0.1) is 0 Å². The summed E-state index contributed by atoms with van der Waals surface area (Å²) in [7, 11) is 0. The van der Waals surface area contributed by atoms with Crippen molar-refractivity contribution >= 4 is 17.6 Å². The molecule has 1 unspecified atom stereocenters. The van der Waals surface area contributed by atoms with Gasteiger partial charge in [-0.1, -0.05) is 12.2 Å². The van der Waals surface area contributed by atoms with E-state index in [0.717, 1.165) is 18.6 Å². The number of alkyl halides is 3. The van der Waals surface area contributed by atoms with Gasteiger partial charge in [0.2, 0.25) is 5.91 Å². The summed E-state index contributed by atoms with van der Waals surface area (Å²) in [6.07, 6.45) is 0.118. The number of carbonyl (C=O) groups excluding carboxylic acids is 2. The van der Waals surface area contributed by atoms with E-state index >= 15 is 0 Å². The van der Waals surface area contributed by atoms with Gasteiger partial charge in [0.25, 0.3) is 5.91 Å². The van der Waals surface area contributed by atoms with Crippen LogP contribution in [0.25, 0.3) is 11.4 Å². The van der Waals surface area contributed by atoms with Crippen molar-refractivity contribution in [3.63, 3.8) is 0 Å². The van der Waals surface area contributed by atoms with Crippen LogP contribution in [-0.2, 0) is 4.79 Å². The molecule has 3 rings (SSSR count). The summed E-state index contributed by atoms with van der Waals surface area (Å²) in [6, 6.07) is 7.39. The number of carbonyl (C=O) groups is 2. The van der Waals surface area contributed by atoms with Gasteiger partial charge >= 0.3 is 6.18 Å². The zero-order valence-corrected chi connectivity index (χ0v) is 18.4. The fourth-order valence-electron chi connectivity index (χ4n) is 3.55. The maximum atomic E-state index is 12.7. The van der Waals surface area contributed by atoms with Crippen LogP contribution in [0.1, 0.15) is 30.3 Å². The van der Waals surface area contributed by atoms with E-state index in [1.54, 1.807) is 29.2 Å². The molecule has 11 heteroatoms. The minimum absolute atomic E-state index is 0.00923. The van der Waals surface area contributed by atoms with E-state index in [1.165, 1.54) is 19.1 Å². The van der Waals surface area contributed by atoms with Gasteiger partial charge in [0.05, 0.1) is 5.57 Å². The number of allylic oxidation sites excluding steroid dienone is 3. The Bertz CT molecular complexity index is 1110. The van der Waals surface area contributed by atoms with E-state index in [2.05, 4.69) is 9.97 Å². The van der Waals surface area contributed by atoms with Crippen molar-refractivity contribution in [3.05, 3.63) is 59.8 Å². The number of nitrogens with zero attached hydrogens (tertiary/aromatic N) is 3. The average molecular weight is 475 g/mol. The summed E-state index contributed by atoms with van der Waals surface area (Å²) in [5.74, 6) is -0.218. The number of hydrogen-bond acceptors (Lipinski definition) is 6. The molecule has 2 amide bonds. The highest BCUT2D eigenvalue weighted by molar-refractivity contribution is 5.92. The molecular weight excluding hydrogens is 451 g/mol. The first kappa shape index (κ1) is 24.7. The van der Waals surface area contributed by atoms with E-state index in [-0.39, 0.29) is 18.1 Å². The number of rotatable bonds is 8. The van der Waals surface area contributed by atoms with E-state index in [0.29, 0.717) is 30.1 Å². The van der Waals surface area contributed by atoms with Crippen molar-refractivity contribution in [2.75, 3.05) is 18.1 Å². The Balaban J connectivity index is 1.78. The number of anilines is 1. The number of aromatic nitrogens is 2. The van der Waals surface area contributed by atoms with Crippen molar-refractivity contribution in [1.82, 2.24) is 9.97 Å². The van der Waals surface area contributed by atoms with E-state index in [1.807, 2.05) is 0 Å². The average Bonchev–Trinajstić information content (AvgIpc) is 3.29. The third-order valence-corrected chi connectivity index (χ3v) is 5.24. The van der Waals surface area contributed by atoms with Crippen LogP contribution in [0.15, 0.2) is 54.1 Å². The first-order valence-electron chi connectivity index (χ1n) is 10.5. The van der Waals surface area contributed by atoms with Crippen LogP contribution >= 0.6 is 0 Å². The maximum absolute atomic E-state index is 12.7. The fourth-order valence-corrected chi connectivity index (χ4v) is 3.55. The highest BCUT2D eigenvalue weighted by atomic mass is 19.4. The number of primary amides is 2. The summed E-state index contributed by atoms with van der Waals surface area (Å²) >= 11 is 0. The number of halogens is 3. The van der Waals surface area contributed by atoms with E-state index < -0.39 is 29.6 Å². The lowest BCUT2D eigenvalue weighted by Gasteiger charge is -2.23. The van der Waals surface area contributed by atoms with Crippen molar-refractivity contribution < 1.29 is 27.5 Å². The first-order valence-corrected chi connectivity index (χ1v) is 10.5. The largest absolute Gasteiger partial charge is 0.490 e. The molecule has 8 nitrogen and oxygen atoms in total. The summed E-state index contributed by atoms with van der Waals surface area (Å²) in [6.45, 7) is 1.80. The lowest BCUT2D eigenvalue weighted by molar-refractivity contribution is -0.119. The topological polar surface area (TPSA) is 124 Å². The molecule has 1 fully saturated rings. The van der Waals surface area contributed by atoms with Crippen LogP contribution in [0.4, 0.5) is 19.0 Å². The highest BCUT2D eigenvalue weighted by Crippen LogP contribution is 2.28. The van der Waals surface area contributed by atoms with Gasteiger partial charge in [-0.25, -0.2) is 9.97 Å². The van der Waals surface area contributed by atoms with E-state index in [4.69, 9.17) is 16.2 Å². The molecule has 0 spiro atoms. The van der Waals surface area contributed by atoms with Crippen molar-refractivity contribution in [2.24, 2.45) is 11.5 Å². The smallest absolute Gasteiger partial charge is 0.416 e. The number of nitrogens with two attached hydrogens (primary N) is 2. The minimum Gasteiger partial charge on any atom is -0.490 e. The van der Waals surface area contributed by atoms with Gasteiger partial charge in [0.1, 0.15) is 29.9 Å². The number of amides is 2. The Hall–Kier alpha value is -3.89. The highest BCUT2D eigenvalue weighted by Gasteiger charge is 2.31. The molecule has 2 heterocycles. The Labute approximate surface area is 194 Å². The summed E-state index contributed by atoms with van der Waals surface area (Å²) in [4.78, 5) is 34.0. The van der Waals surface area contributed by atoms with E-state index in [9.17, 15) is 22.8 Å². The predicted octanol–water partition coefficient (Wildman–Crippen LogP) is 3.14. The van der Waals surface area contributed by atoms with Crippen molar-refractivity contribution in [2.45, 2.75) is 32.0 Å². The first-order chi connectivity index (χ1) is 16.1. The molecule has 1 aromatic heterocycles. The third kappa shape index (κ3) is 5.91. The van der Waals surface area contributed by atoms with Crippen LogP contribution < -0.4 is 21.1 Å². The SMILES string of the molecule is CC=C(C=CCOc1ccc(-c2nc(C(N)=O)cc(N3CCCC3C(N)=O)n2)cc1)C(F)(F)F. The van der Waals surface area contributed by atoms with Gasteiger partial charge < -0.3 is 21.1 Å². The number of hydrogen-bond donors (Lipinski definition) is 2. The molecule has 0 bridgehead atoms. The quantitative estimate of drug-likeness (QED) is 0.565. The fraction of sp³-hybridized carbons (Fsp3) is 0.304. The van der Waals surface area contributed by atoms with Gasteiger partial charge in [-0.2, -0.15) is 13.2 Å². The molecule has 4 N–H and O–H groups in total. The summed E-state index contributed by atoms with van der Waals surface area (Å²) in [5.41, 5.74) is 10.7. The molecule has 1 aliphatic rings. The lowest BCUT2D eigenvalue weighted by atomic mass is 10.2. The zero-order chi connectivity index (χ0) is 24.9. The van der Waals surface area contributed by atoms with Gasteiger partial charge in [0, 0.05) is 18.2 Å². The summed E-state index contributed by atoms with van der Waals surface area (Å²) < 4.78 is 43.6.